The van der Waals surface area contributed by atoms with E-state index in [1.165, 1.54) is 4.31 Å². The standard InChI is InChI=1S/C25H27NO4S/c1-19-12-20(2)14-24(13-19)31(27,28)26-10-11-30-25-9-8-22(15-23(25)16-26)18-29-17-21-6-4-3-5-7-21/h3-9,12-15H,10-11,16-18H2,1-2H3. The maximum absolute atomic E-state index is 13.3. The van der Waals surface area contributed by atoms with E-state index in [1.54, 1.807) is 12.1 Å². The molecule has 0 atom stereocenters. The monoisotopic (exact) mass is 437 g/mol. The van der Waals surface area contributed by atoms with E-state index in [4.69, 9.17) is 9.47 Å². The molecule has 162 valence electrons. The maximum Gasteiger partial charge on any atom is 0.243 e. The molecule has 0 spiro atoms. The molecule has 0 fully saturated rings. The van der Waals surface area contributed by atoms with E-state index in [9.17, 15) is 8.42 Å². The maximum atomic E-state index is 13.3. The van der Waals surface area contributed by atoms with Crippen molar-refractivity contribution < 1.29 is 17.9 Å². The second kappa shape index (κ2) is 9.22. The van der Waals surface area contributed by atoms with Gasteiger partial charge in [0.25, 0.3) is 0 Å². The first kappa shape index (κ1) is 21.6. The summed E-state index contributed by atoms with van der Waals surface area (Å²) in [6.07, 6.45) is 0. The lowest BCUT2D eigenvalue weighted by Gasteiger charge is -2.20. The van der Waals surface area contributed by atoms with Crippen LogP contribution in [0.5, 0.6) is 5.75 Å². The molecule has 31 heavy (non-hydrogen) atoms. The van der Waals surface area contributed by atoms with Crippen LogP contribution >= 0.6 is 0 Å². The van der Waals surface area contributed by atoms with E-state index in [1.807, 2.05) is 68.4 Å². The van der Waals surface area contributed by atoms with Crippen molar-refractivity contribution in [2.24, 2.45) is 0 Å². The molecule has 0 aromatic heterocycles. The molecule has 4 rings (SSSR count). The molecule has 0 bridgehead atoms. The Balaban J connectivity index is 1.51. The summed E-state index contributed by atoms with van der Waals surface area (Å²) in [5, 5.41) is 0. The lowest BCUT2D eigenvalue weighted by atomic mass is 10.1. The molecule has 0 N–H and O–H groups in total. The van der Waals surface area contributed by atoms with Gasteiger partial charge in [-0.05, 0) is 60.4 Å². The Labute approximate surface area is 184 Å². The lowest BCUT2D eigenvalue weighted by Crippen LogP contribution is -2.32. The van der Waals surface area contributed by atoms with E-state index in [-0.39, 0.29) is 6.54 Å². The molecule has 0 aliphatic carbocycles. The van der Waals surface area contributed by atoms with Crippen LogP contribution in [-0.2, 0) is 34.5 Å². The minimum absolute atomic E-state index is 0.275. The van der Waals surface area contributed by atoms with Gasteiger partial charge in [-0.25, -0.2) is 8.42 Å². The number of rotatable bonds is 6. The smallest absolute Gasteiger partial charge is 0.243 e. The van der Waals surface area contributed by atoms with Crippen molar-refractivity contribution in [3.8, 4) is 5.75 Å². The summed E-state index contributed by atoms with van der Waals surface area (Å²) in [7, 11) is -3.62. The molecule has 5 nitrogen and oxygen atoms in total. The largest absolute Gasteiger partial charge is 0.492 e. The summed E-state index contributed by atoms with van der Waals surface area (Å²) < 4.78 is 39.8. The fourth-order valence-corrected chi connectivity index (χ4v) is 5.40. The van der Waals surface area contributed by atoms with Crippen LogP contribution in [0.25, 0.3) is 0 Å². The molecular formula is C25H27NO4S. The minimum Gasteiger partial charge on any atom is -0.492 e. The summed E-state index contributed by atoms with van der Waals surface area (Å²) in [5.41, 5.74) is 4.83. The molecule has 0 saturated carbocycles. The third-order valence-electron chi connectivity index (χ3n) is 5.28. The summed E-state index contributed by atoms with van der Waals surface area (Å²) in [5.74, 6) is 0.727. The van der Waals surface area contributed by atoms with Gasteiger partial charge in [-0.15, -0.1) is 0 Å². The Bertz CT molecular complexity index is 1140. The average Bonchev–Trinajstić information content (AvgIpc) is 2.96. The van der Waals surface area contributed by atoms with Gasteiger partial charge in [-0.2, -0.15) is 4.31 Å². The number of ether oxygens (including phenoxy) is 2. The topological polar surface area (TPSA) is 55.8 Å². The second-order valence-electron chi connectivity index (χ2n) is 7.93. The van der Waals surface area contributed by atoms with Crippen LogP contribution in [0.2, 0.25) is 0 Å². The summed E-state index contributed by atoms with van der Waals surface area (Å²) in [6.45, 7) is 5.71. The van der Waals surface area contributed by atoms with Crippen LogP contribution in [0, 0.1) is 13.8 Å². The molecule has 1 aliphatic rings. The molecule has 1 heterocycles. The highest BCUT2D eigenvalue weighted by Crippen LogP contribution is 2.28. The van der Waals surface area contributed by atoms with Crippen molar-refractivity contribution in [1.29, 1.82) is 0 Å². The predicted octanol–water partition coefficient (Wildman–Crippen LogP) is 4.60. The van der Waals surface area contributed by atoms with Crippen LogP contribution in [0.3, 0.4) is 0 Å². The normalized spacial score (nSPS) is 14.5. The summed E-state index contributed by atoms with van der Waals surface area (Å²) >= 11 is 0. The molecule has 3 aromatic rings. The zero-order chi connectivity index (χ0) is 21.8. The van der Waals surface area contributed by atoms with Gasteiger partial charge in [0.05, 0.1) is 18.1 Å². The first-order valence-electron chi connectivity index (χ1n) is 10.4. The number of nitrogens with zero attached hydrogens (tertiary/aromatic N) is 1. The second-order valence-corrected chi connectivity index (χ2v) is 9.87. The van der Waals surface area contributed by atoms with Gasteiger partial charge < -0.3 is 9.47 Å². The predicted molar refractivity (Wildman–Crippen MR) is 120 cm³/mol. The van der Waals surface area contributed by atoms with Gasteiger partial charge >= 0.3 is 0 Å². The van der Waals surface area contributed by atoms with Crippen molar-refractivity contribution in [2.45, 2.75) is 38.5 Å². The van der Waals surface area contributed by atoms with Gasteiger partial charge in [-0.3, -0.25) is 0 Å². The number of hydrogen-bond donors (Lipinski definition) is 0. The molecule has 0 unspecified atom stereocenters. The minimum atomic E-state index is -3.62. The number of hydrogen-bond acceptors (Lipinski definition) is 4. The first-order chi connectivity index (χ1) is 14.9. The van der Waals surface area contributed by atoms with Gasteiger partial charge in [0.15, 0.2) is 0 Å². The highest BCUT2D eigenvalue weighted by atomic mass is 32.2. The van der Waals surface area contributed by atoms with Crippen molar-refractivity contribution >= 4 is 10.0 Å². The summed E-state index contributed by atoms with van der Waals surface area (Å²) in [4.78, 5) is 0.329. The molecule has 3 aromatic carbocycles. The van der Waals surface area contributed by atoms with Gasteiger partial charge in [0.1, 0.15) is 12.4 Å². The third-order valence-corrected chi connectivity index (χ3v) is 7.11. The number of aryl methyl sites for hydroxylation is 2. The Hall–Kier alpha value is -2.67. The van der Waals surface area contributed by atoms with Gasteiger partial charge in [0, 0.05) is 18.7 Å². The van der Waals surface area contributed by atoms with Crippen molar-refractivity contribution in [1.82, 2.24) is 4.31 Å². The van der Waals surface area contributed by atoms with Crippen LogP contribution in [0.1, 0.15) is 27.8 Å². The van der Waals surface area contributed by atoms with Crippen molar-refractivity contribution in [3.05, 3.63) is 94.5 Å². The van der Waals surface area contributed by atoms with E-state index in [0.29, 0.717) is 31.3 Å². The Morgan fingerprint density at radius 2 is 1.61 bits per heavy atom. The van der Waals surface area contributed by atoms with Crippen molar-refractivity contribution in [2.75, 3.05) is 13.2 Å². The zero-order valence-electron chi connectivity index (χ0n) is 17.9. The van der Waals surface area contributed by atoms with E-state index < -0.39 is 10.0 Å². The zero-order valence-corrected chi connectivity index (χ0v) is 18.7. The molecule has 0 amide bonds. The molecule has 0 saturated heterocycles. The third kappa shape index (κ3) is 5.15. The molecule has 0 radical (unpaired) electrons. The SMILES string of the molecule is Cc1cc(C)cc(S(=O)(=O)N2CCOc3ccc(COCc4ccccc4)cc3C2)c1. The van der Waals surface area contributed by atoms with Crippen LogP contribution < -0.4 is 4.74 Å². The summed E-state index contributed by atoms with van der Waals surface area (Å²) in [6, 6.07) is 21.3. The molecule has 6 heteroatoms. The lowest BCUT2D eigenvalue weighted by molar-refractivity contribution is 0.107. The Morgan fingerprint density at radius 1 is 0.903 bits per heavy atom. The van der Waals surface area contributed by atoms with E-state index in [0.717, 1.165) is 33.6 Å². The van der Waals surface area contributed by atoms with Crippen LogP contribution in [-0.4, -0.2) is 25.9 Å². The fourth-order valence-electron chi connectivity index (χ4n) is 3.81. The average molecular weight is 438 g/mol. The molecular weight excluding hydrogens is 410 g/mol. The van der Waals surface area contributed by atoms with E-state index in [2.05, 4.69) is 0 Å². The Morgan fingerprint density at radius 3 is 2.35 bits per heavy atom. The highest BCUT2D eigenvalue weighted by molar-refractivity contribution is 7.89. The fraction of sp³-hybridized carbons (Fsp3) is 0.280. The van der Waals surface area contributed by atoms with Crippen LogP contribution in [0.4, 0.5) is 0 Å². The van der Waals surface area contributed by atoms with Crippen molar-refractivity contribution in [3.63, 3.8) is 0 Å². The Kier molecular flexibility index (Phi) is 6.41. The number of sulfonamides is 1. The van der Waals surface area contributed by atoms with Gasteiger partial charge in [0.2, 0.25) is 10.0 Å². The number of fused-ring (bicyclic) bond motifs is 1. The molecule has 1 aliphatic heterocycles. The van der Waals surface area contributed by atoms with Crippen LogP contribution in [0.15, 0.2) is 71.6 Å². The highest BCUT2D eigenvalue weighted by Gasteiger charge is 2.28. The van der Waals surface area contributed by atoms with E-state index >= 15 is 0 Å². The quantitative estimate of drug-likeness (QED) is 0.565. The van der Waals surface area contributed by atoms with Gasteiger partial charge in [-0.1, -0.05) is 42.5 Å². The number of benzene rings is 3. The first-order valence-corrected chi connectivity index (χ1v) is 11.8.